The number of fused-ring (bicyclic) bond motifs is 1. The first-order valence-electron chi connectivity index (χ1n) is 8.93. The van der Waals surface area contributed by atoms with Crippen molar-refractivity contribution in [1.29, 1.82) is 0 Å². The van der Waals surface area contributed by atoms with Gasteiger partial charge in [0.15, 0.2) is 0 Å². The number of carbonyl (C=O) groups excluding carboxylic acids is 2. The van der Waals surface area contributed by atoms with Gasteiger partial charge in [-0.05, 0) is 61.2 Å². The first-order valence-corrected chi connectivity index (χ1v) is 8.93. The minimum absolute atomic E-state index is 0.0933. The second kappa shape index (κ2) is 6.45. The molecule has 132 valence electrons. The maximum Gasteiger partial charge on any atom is 0.238 e. The maximum atomic E-state index is 12.8. The molecule has 2 aromatic rings. The van der Waals surface area contributed by atoms with E-state index in [9.17, 15) is 9.59 Å². The summed E-state index contributed by atoms with van der Waals surface area (Å²) < 4.78 is 5.84. The average Bonchev–Trinajstić information content (AvgIpc) is 2.88. The van der Waals surface area contributed by atoms with Gasteiger partial charge in [0.25, 0.3) is 0 Å². The van der Waals surface area contributed by atoms with E-state index in [-0.39, 0.29) is 29.6 Å². The summed E-state index contributed by atoms with van der Waals surface area (Å²) >= 11 is 0. The predicted octanol–water partition coefficient (Wildman–Crippen LogP) is 4.49. The number of anilines is 1. The molecule has 3 atom stereocenters. The van der Waals surface area contributed by atoms with Crippen molar-refractivity contribution in [3.63, 3.8) is 0 Å². The van der Waals surface area contributed by atoms with Crippen LogP contribution >= 0.6 is 0 Å². The Balaban J connectivity index is 1.55. The number of amides is 2. The zero-order valence-electron chi connectivity index (χ0n) is 14.9. The van der Waals surface area contributed by atoms with E-state index in [1.165, 1.54) is 4.90 Å². The molecule has 4 heteroatoms. The van der Waals surface area contributed by atoms with Crippen LogP contribution in [0.15, 0.2) is 60.7 Å². The molecule has 1 heterocycles. The molecule has 4 rings (SSSR count). The monoisotopic (exact) mass is 347 g/mol. The van der Waals surface area contributed by atoms with Crippen LogP contribution in [0.5, 0.6) is 11.5 Å². The molecule has 0 radical (unpaired) electrons. The highest BCUT2D eigenvalue weighted by Gasteiger charge is 2.50. The van der Waals surface area contributed by atoms with Crippen LogP contribution in [-0.2, 0) is 9.59 Å². The molecule has 2 aromatic carbocycles. The SMILES string of the molecule is Cc1cccc(Oc2ccc(N3C(=O)[C@@H]4[C@H](CC=C[C@@H]4C)C3=O)cc2)c1. The molecule has 0 unspecified atom stereocenters. The van der Waals surface area contributed by atoms with Crippen molar-refractivity contribution in [3.05, 3.63) is 66.2 Å². The third kappa shape index (κ3) is 2.81. The summed E-state index contributed by atoms with van der Waals surface area (Å²) in [6, 6.07) is 14.9. The van der Waals surface area contributed by atoms with Crippen molar-refractivity contribution in [1.82, 2.24) is 0 Å². The highest BCUT2D eigenvalue weighted by molar-refractivity contribution is 6.22. The lowest BCUT2D eigenvalue weighted by Crippen LogP contribution is -2.31. The van der Waals surface area contributed by atoms with Crippen LogP contribution in [0.1, 0.15) is 18.9 Å². The minimum Gasteiger partial charge on any atom is -0.457 e. The lowest BCUT2D eigenvalue weighted by Gasteiger charge is -2.22. The van der Waals surface area contributed by atoms with Crippen LogP contribution in [0.2, 0.25) is 0 Å². The fourth-order valence-electron chi connectivity index (χ4n) is 3.88. The largest absolute Gasteiger partial charge is 0.457 e. The van der Waals surface area contributed by atoms with Crippen LogP contribution in [0.4, 0.5) is 5.69 Å². The molecule has 1 fully saturated rings. The van der Waals surface area contributed by atoms with E-state index < -0.39 is 0 Å². The summed E-state index contributed by atoms with van der Waals surface area (Å²) in [6.45, 7) is 4.01. The smallest absolute Gasteiger partial charge is 0.238 e. The molecular formula is C22H21NO3. The summed E-state index contributed by atoms with van der Waals surface area (Å²) in [4.78, 5) is 26.9. The van der Waals surface area contributed by atoms with Gasteiger partial charge in [-0.15, -0.1) is 0 Å². The highest BCUT2D eigenvalue weighted by Crippen LogP contribution is 2.40. The summed E-state index contributed by atoms with van der Waals surface area (Å²) in [5.74, 6) is 0.871. The topological polar surface area (TPSA) is 46.6 Å². The molecule has 1 aliphatic heterocycles. The van der Waals surface area contributed by atoms with Crippen LogP contribution in [-0.4, -0.2) is 11.8 Å². The van der Waals surface area contributed by atoms with E-state index >= 15 is 0 Å². The minimum atomic E-state index is -0.240. The predicted molar refractivity (Wildman–Crippen MR) is 100 cm³/mol. The first kappa shape index (κ1) is 16.6. The number of ether oxygens (including phenoxy) is 1. The van der Waals surface area contributed by atoms with Crippen LogP contribution in [0.3, 0.4) is 0 Å². The molecule has 2 aliphatic rings. The van der Waals surface area contributed by atoms with Crippen molar-refractivity contribution in [2.45, 2.75) is 20.3 Å². The molecule has 0 N–H and O–H groups in total. The average molecular weight is 347 g/mol. The van der Waals surface area contributed by atoms with Crippen LogP contribution in [0.25, 0.3) is 0 Å². The number of carbonyl (C=O) groups is 2. The Morgan fingerprint density at radius 3 is 2.46 bits per heavy atom. The zero-order valence-corrected chi connectivity index (χ0v) is 14.9. The fraction of sp³-hybridized carbons (Fsp3) is 0.273. The van der Waals surface area contributed by atoms with Gasteiger partial charge in [0.05, 0.1) is 17.5 Å². The summed E-state index contributed by atoms with van der Waals surface area (Å²) in [5.41, 5.74) is 1.73. The number of rotatable bonds is 3. The van der Waals surface area contributed by atoms with E-state index in [0.29, 0.717) is 17.9 Å². The Morgan fingerprint density at radius 2 is 1.77 bits per heavy atom. The van der Waals surface area contributed by atoms with Gasteiger partial charge in [-0.2, -0.15) is 0 Å². The summed E-state index contributed by atoms with van der Waals surface area (Å²) in [7, 11) is 0. The Labute approximate surface area is 153 Å². The second-order valence-electron chi connectivity index (χ2n) is 7.08. The quantitative estimate of drug-likeness (QED) is 0.607. The third-order valence-electron chi connectivity index (χ3n) is 5.19. The molecule has 0 aromatic heterocycles. The van der Waals surface area contributed by atoms with Gasteiger partial charge in [-0.25, -0.2) is 0 Å². The normalized spacial score (nSPS) is 24.7. The third-order valence-corrected chi connectivity index (χ3v) is 5.19. The van der Waals surface area contributed by atoms with Gasteiger partial charge in [0, 0.05) is 0 Å². The second-order valence-corrected chi connectivity index (χ2v) is 7.08. The fourth-order valence-corrected chi connectivity index (χ4v) is 3.88. The van der Waals surface area contributed by atoms with Crippen molar-refractivity contribution in [3.8, 4) is 11.5 Å². The van der Waals surface area contributed by atoms with Gasteiger partial charge in [0.1, 0.15) is 11.5 Å². The van der Waals surface area contributed by atoms with Gasteiger partial charge < -0.3 is 4.74 Å². The Hall–Kier alpha value is -2.88. The lowest BCUT2D eigenvalue weighted by molar-refractivity contribution is -0.122. The lowest BCUT2D eigenvalue weighted by atomic mass is 9.78. The first-order chi connectivity index (χ1) is 12.5. The van der Waals surface area contributed by atoms with Crippen LogP contribution in [0, 0.1) is 24.7 Å². The molecule has 0 bridgehead atoms. The van der Waals surface area contributed by atoms with E-state index in [1.54, 1.807) is 24.3 Å². The van der Waals surface area contributed by atoms with E-state index in [0.717, 1.165) is 11.3 Å². The molecular weight excluding hydrogens is 326 g/mol. The number of hydrogen-bond acceptors (Lipinski definition) is 3. The van der Waals surface area contributed by atoms with Gasteiger partial charge >= 0.3 is 0 Å². The van der Waals surface area contributed by atoms with Crippen LogP contribution < -0.4 is 9.64 Å². The number of benzene rings is 2. The van der Waals surface area contributed by atoms with Crippen molar-refractivity contribution in [2.24, 2.45) is 17.8 Å². The van der Waals surface area contributed by atoms with Gasteiger partial charge in [-0.1, -0.05) is 31.2 Å². The molecule has 26 heavy (non-hydrogen) atoms. The Bertz CT molecular complexity index is 885. The highest BCUT2D eigenvalue weighted by atomic mass is 16.5. The number of hydrogen-bond donors (Lipinski definition) is 0. The number of imide groups is 1. The van der Waals surface area contributed by atoms with Crippen molar-refractivity contribution >= 4 is 17.5 Å². The molecule has 1 aliphatic carbocycles. The number of nitrogens with zero attached hydrogens (tertiary/aromatic N) is 1. The Morgan fingerprint density at radius 1 is 1.00 bits per heavy atom. The molecule has 1 saturated heterocycles. The summed E-state index contributed by atoms with van der Waals surface area (Å²) in [5, 5.41) is 0. The standard InChI is InChI=1S/C22H21NO3/c1-14-5-3-7-18(13-14)26-17-11-9-16(10-12-17)23-21(24)19-8-4-6-15(2)20(19)22(23)25/h3-7,9-13,15,19-20H,8H2,1-2H3/t15-,19-,20-/m0/s1. The van der Waals surface area contributed by atoms with E-state index in [4.69, 9.17) is 4.74 Å². The van der Waals surface area contributed by atoms with E-state index in [2.05, 4.69) is 0 Å². The Kier molecular flexibility index (Phi) is 4.11. The summed E-state index contributed by atoms with van der Waals surface area (Å²) in [6.07, 6.45) is 4.69. The number of allylic oxidation sites excluding steroid dienone is 2. The van der Waals surface area contributed by atoms with Crippen molar-refractivity contribution < 1.29 is 14.3 Å². The van der Waals surface area contributed by atoms with Crippen molar-refractivity contribution in [2.75, 3.05) is 4.90 Å². The van der Waals surface area contributed by atoms with E-state index in [1.807, 2.05) is 50.3 Å². The molecule has 4 nitrogen and oxygen atoms in total. The van der Waals surface area contributed by atoms with Gasteiger partial charge in [0.2, 0.25) is 11.8 Å². The number of aryl methyl sites for hydroxylation is 1. The van der Waals surface area contributed by atoms with Gasteiger partial charge in [-0.3, -0.25) is 14.5 Å². The maximum absolute atomic E-state index is 12.8. The zero-order chi connectivity index (χ0) is 18.3. The molecule has 0 spiro atoms. The molecule has 0 saturated carbocycles. The molecule has 2 amide bonds.